The minimum atomic E-state index is -0.834. The predicted molar refractivity (Wildman–Crippen MR) is 103 cm³/mol. The number of benzene rings is 1. The molecular weight excluding hydrogens is 367 g/mol. The number of carbonyl (C=O) groups is 2. The van der Waals surface area contributed by atoms with E-state index in [2.05, 4.69) is 20.8 Å². The molecule has 0 aliphatic heterocycles. The van der Waals surface area contributed by atoms with Gasteiger partial charge < -0.3 is 10.6 Å². The first-order valence-electron chi connectivity index (χ1n) is 8.41. The summed E-state index contributed by atoms with van der Waals surface area (Å²) in [7, 11) is 0. The number of rotatable bonds is 6. The summed E-state index contributed by atoms with van der Waals surface area (Å²) in [5.41, 5.74) is 0.687. The van der Waals surface area contributed by atoms with Crippen molar-refractivity contribution in [3.05, 3.63) is 59.2 Å². The Morgan fingerprint density at radius 2 is 1.96 bits per heavy atom. The largest absolute Gasteiger partial charge is 0.340 e. The normalized spacial score (nSPS) is 12.0. The van der Waals surface area contributed by atoms with Crippen LogP contribution in [0.1, 0.15) is 24.2 Å². The van der Waals surface area contributed by atoms with Gasteiger partial charge in [0, 0.05) is 6.07 Å². The molecule has 3 aromatic rings. The van der Waals surface area contributed by atoms with Gasteiger partial charge in [-0.3, -0.25) is 14.7 Å². The zero-order valence-corrected chi connectivity index (χ0v) is 15.6. The van der Waals surface area contributed by atoms with Crippen LogP contribution in [-0.2, 0) is 4.79 Å². The first-order valence-corrected chi connectivity index (χ1v) is 9.29. The highest BCUT2D eigenvalue weighted by molar-refractivity contribution is 7.13. The molecule has 8 heteroatoms. The number of halogens is 1. The maximum atomic E-state index is 13.8. The highest BCUT2D eigenvalue weighted by Crippen LogP contribution is 2.24. The number of thiophene rings is 1. The zero-order valence-electron chi connectivity index (χ0n) is 14.8. The molecule has 2 heterocycles. The van der Waals surface area contributed by atoms with E-state index in [1.54, 1.807) is 37.3 Å². The van der Waals surface area contributed by atoms with E-state index in [1.807, 2.05) is 17.5 Å². The van der Waals surface area contributed by atoms with Crippen molar-refractivity contribution in [1.29, 1.82) is 0 Å². The average molecular weight is 386 g/mol. The quantitative estimate of drug-likeness (QED) is 0.604. The Morgan fingerprint density at radius 1 is 1.19 bits per heavy atom. The molecular formula is C19H19FN4O2S. The third-order valence-corrected chi connectivity index (χ3v) is 4.87. The van der Waals surface area contributed by atoms with Crippen LogP contribution >= 0.6 is 11.3 Å². The van der Waals surface area contributed by atoms with E-state index in [1.165, 1.54) is 18.2 Å². The van der Waals surface area contributed by atoms with Crippen LogP contribution in [0.25, 0.3) is 10.6 Å². The van der Waals surface area contributed by atoms with Crippen molar-refractivity contribution >= 4 is 29.0 Å². The lowest BCUT2D eigenvalue weighted by molar-refractivity contribution is -0.118. The van der Waals surface area contributed by atoms with E-state index in [4.69, 9.17) is 0 Å². The van der Waals surface area contributed by atoms with Crippen molar-refractivity contribution in [1.82, 2.24) is 15.5 Å². The molecule has 0 aliphatic rings. The molecule has 140 valence electrons. The fraction of sp³-hybridized carbons (Fsp3) is 0.211. The Labute approximate surface area is 159 Å². The molecule has 27 heavy (non-hydrogen) atoms. The SMILES string of the molecule is CC(C)C(NC(=O)c1ccccc1F)C(=O)Nc1cc(-c2cccs2)[nH]n1. The molecule has 1 atom stereocenters. The number of carbonyl (C=O) groups excluding carboxylic acids is 2. The van der Waals surface area contributed by atoms with Crippen molar-refractivity contribution in [2.45, 2.75) is 19.9 Å². The van der Waals surface area contributed by atoms with Crippen LogP contribution in [0.15, 0.2) is 47.8 Å². The number of aromatic amines is 1. The number of anilines is 1. The van der Waals surface area contributed by atoms with E-state index in [0.717, 1.165) is 10.6 Å². The lowest BCUT2D eigenvalue weighted by atomic mass is 10.0. The van der Waals surface area contributed by atoms with Gasteiger partial charge in [0.25, 0.3) is 5.91 Å². The van der Waals surface area contributed by atoms with Crippen molar-refractivity contribution in [2.75, 3.05) is 5.32 Å². The molecule has 3 N–H and O–H groups in total. The number of nitrogens with one attached hydrogen (secondary N) is 3. The smallest absolute Gasteiger partial charge is 0.254 e. The summed E-state index contributed by atoms with van der Waals surface area (Å²) in [5, 5.41) is 14.2. The van der Waals surface area contributed by atoms with Crippen molar-refractivity contribution in [3.63, 3.8) is 0 Å². The number of hydrogen-bond donors (Lipinski definition) is 3. The number of nitrogens with zero attached hydrogens (tertiary/aromatic N) is 1. The van der Waals surface area contributed by atoms with Gasteiger partial charge in [0.05, 0.1) is 16.1 Å². The summed E-state index contributed by atoms with van der Waals surface area (Å²) in [6.07, 6.45) is 0. The van der Waals surface area contributed by atoms with Gasteiger partial charge in [-0.1, -0.05) is 32.0 Å². The molecule has 0 aliphatic carbocycles. The third kappa shape index (κ3) is 4.40. The van der Waals surface area contributed by atoms with Gasteiger partial charge in [-0.15, -0.1) is 11.3 Å². The summed E-state index contributed by atoms with van der Waals surface area (Å²) in [6.45, 7) is 3.60. The monoisotopic (exact) mass is 386 g/mol. The fourth-order valence-corrected chi connectivity index (χ4v) is 3.24. The molecule has 0 fully saturated rings. The molecule has 0 bridgehead atoms. The van der Waals surface area contributed by atoms with Crippen molar-refractivity contribution < 1.29 is 14.0 Å². The molecule has 0 saturated heterocycles. The Bertz CT molecular complexity index is 937. The van der Waals surface area contributed by atoms with E-state index in [0.29, 0.717) is 5.82 Å². The summed E-state index contributed by atoms with van der Waals surface area (Å²) >= 11 is 1.55. The van der Waals surface area contributed by atoms with Crippen LogP contribution in [0.5, 0.6) is 0 Å². The van der Waals surface area contributed by atoms with Crippen LogP contribution in [0.4, 0.5) is 10.2 Å². The number of aromatic nitrogens is 2. The van der Waals surface area contributed by atoms with E-state index < -0.39 is 23.7 Å². The van der Waals surface area contributed by atoms with Gasteiger partial charge in [-0.25, -0.2) is 4.39 Å². The Morgan fingerprint density at radius 3 is 2.63 bits per heavy atom. The average Bonchev–Trinajstić information content (AvgIpc) is 3.30. The minimum absolute atomic E-state index is 0.101. The highest BCUT2D eigenvalue weighted by atomic mass is 32.1. The van der Waals surface area contributed by atoms with Gasteiger partial charge in [0.15, 0.2) is 5.82 Å². The highest BCUT2D eigenvalue weighted by Gasteiger charge is 2.26. The lowest BCUT2D eigenvalue weighted by Gasteiger charge is -2.21. The summed E-state index contributed by atoms with van der Waals surface area (Å²) < 4.78 is 13.8. The maximum Gasteiger partial charge on any atom is 0.254 e. The van der Waals surface area contributed by atoms with Crippen molar-refractivity contribution in [2.24, 2.45) is 5.92 Å². The fourth-order valence-electron chi connectivity index (χ4n) is 2.55. The summed E-state index contributed by atoms with van der Waals surface area (Å²) in [4.78, 5) is 26.0. The summed E-state index contributed by atoms with van der Waals surface area (Å²) in [5.74, 6) is -1.53. The lowest BCUT2D eigenvalue weighted by Crippen LogP contribution is -2.47. The first-order chi connectivity index (χ1) is 13.0. The van der Waals surface area contributed by atoms with Gasteiger partial charge in [-0.05, 0) is 29.5 Å². The van der Waals surface area contributed by atoms with Crippen LogP contribution in [0.2, 0.25) is 0 Å². The standard InChI is InChI=1S/C19H19FN4O2S/c1-11(2)17(22-18(25)12-6-3-4-7-13(12)20)19(26)21-16-10-14(23-24-16)15-8-5-9-27-15/h3-11,17H,1-2H3,(H,22,25)(H2,21,23,24,26). The van der Waals surface area contributed by atoms with Crippen molar-refractivity contribution in [3.8, 4) is 10.6 Å². The van der Waals surface area contributed by atoms with Crippen LogP contribution < -0.4 is 10.6 Å². The van der Waals surface area contributed by atoms with Gasteiger partial charge in [0.2, 0.25) is 5.91 Å². The van der Waals surface area contributed by atoms with E-state index in [9.17, 15) is 14.0 Å². The Balaban J connectivity index is 1.70. The van der Waals surface area contributed by atoms with E-state index in [-0.39, 0.29) is 11.5 Å². The minimum Gasteiger partial charge on any atom is -0.340 e. The van der Waals surface area contributed by atoms with Gasteiger partial charge in [0.1, 0.15) is 11.9 Å². The molecule has 0 spiro atoms. The van der Waals surface area contributed by atoms with Gasteiger partial charge in [-0.2, -0.15) is 5.10 Å². The number of amides is 2. The topological polar surface area (TPSA) is 86.9 Å². The van der Waals surface area contributed by atoms with Crippen LogP contribution in [-0.4, -0.2) is 28.1 Å². The molecule has 2 aromatic heterocycles. The second-order valence-corrected chi connectivity index (χ2v) is 7.26. The molecule has 2 amide bonds. The summed E-state index contributed by atoms with van der Waals surface area (Å²) in [6, 6.07) is 10.4. The number of hydrogen-bond acceptors (Lipinski definition) is 4. The van der Waals surface area contributed by atoms with Gasteiger partial charge >= 0.3 is 0 Å². The second-order valence-electron chi connectivity index (χ2n) is 6.31. The molecule has 6 nitrogen and oxygen atoms in total. The Hall–Kier alpha value is -3.00. The van der Waals surface area contributed by atoms with Crippen LogP contribution in [0.3, 0.4) is 0 Å². The third-order valence-electron chi connectivity index (χ3n) is 3.97. The molecule has 1 aromatic carbocycles. The molecule has 0 saturated carbocycles. The zero-order chi connectivity index (χ0) is 19.4. The van der Waals surface area contributed by atoms with E-state index >= 15 is 0 Å². The predicted octanol–water partition coefficient (Wildman–Crippen LogP) is 3.67. The second kappa shape index (κ2) is 8.13. The first kappa shape index (κ1) is 18.8. The molecule has 0 radical (unpaired) electrons. The molecule has 1 unspecified atom stereocenters. The van der Waals surface area contributed by atoms with Crippen LogP contribution in [0, 0.1) is 11.7 Å². The number of H-pyrrole nitrogens is 1. The molecule has 3 rings (SSSR count). The Kier molecular flexibility index (Phi) is 5.66. The maximum absolute atomic E-state index is 13.8.